The molecule has 4 nitrogen and oxygen atoms in total. The van der Waals surface area contributed by atoms with Gasteiger partial charge in [0.15, 0.2) is 11.5 Å². The van der Waals surface area contributed by atoms with E-state index in [4.69, 9.17) is 9.47 Å². The van der Waals surface area contributed by atoms with E-state index in [1.54, 1.807) is 14.2 Å². The predicted molar refractivity (Wildman–Crippen MR) is 69.1 cm³/mol. The van der Waals surface area contributed by atoms with Crippen molar-refractivity contribution in [3.63, 3.8) is 0 Å². The average Bonchev–Trinajstić information content (AvgIpc) is 3.18. The highest BCUT2D eigenvalue weighted by molar-refractivity contribution is 5.82. The Morgan fingerprint density at radius 1 is 1.33 bits per heavy atom. The second-order valence-corrected chi connectivity index (χ2v) is 4.46. The first-order valence-electron chi connectivity index (χ1n) is 6.20. The van der Waals surface area contributed by atoms with Gasteiger partial charge in [-0.1, -0.05) is 6.07 Å². The summed E-state index contributed by atoms with van der Waals surface area (Å²) in [5.41, 5.74) is 1.14. The Bertz CT molecular complexity index is 445. The van der Waals surface area contributed by atoms with E-state index in [0.717, 1.165) is 23.5 Å². The largest absolute Gasteiger partial charge is 0.493 e. The van der Waals surface area contributed by atoms with Gasteiger partial charge in [-0.3, -0.25) is 4.79 Å². The molecule has 1 aromatic rings. The fourth-order valence-electron chi connectivity index (χ4n) is 2.24. The second kappa shape index (κ2) is 5.29. The van der Waals surface area contributed by atoms with Crippen molar-refractivity contribution < 1.29 is 14.3 Å². The lowest BCUT2D eigenvalue weighted by Gasteiger charge is -2.09. The first-order chi connectivity index (χ1) is 8.71. The molecule has 0 heterocycles. The number of rotatable bonds is 5. The highest BCUT2D eigenvalue weighted by atomic mass is 16.5. The highest BCUT2D eigenvalue weighted by Crippen LogP contribution is 2.49. The molecule has 1 fully saturated rings. The third kappa shape index (κ3) is 2.42. The van der Waals surface area contributed by atoms with Gasteiger partial charge in [0.1, 0.15) is 0 Å². The lowest BCUT2D eigenvalue weighted by Crippen LogP contribution is -2.24. The Balaban J connectivity index is 2.10. The zero-order chi connectivity index (χ0) is 13.1. The molecule has 0 bridgehead atoms. The van der Waals surface area contributed by atoms with Crippen LogP contribution in [-0.4, -0.2) is 26.7 Å². The molecule has 0 spiro atoms. The molecule has 98 valence electrons. The predicted octanol–water partition coefficient (Wildman–Crippen LogP) is 1.94. The fourth-order valence-corrected chi connectivity index (χ4v) is 2.24. The van der Waals surface area contributed by atoms with Crippen molar-refractivity contribution in [2.24, 2.45) is 5.92 Å². The van der Waals surface area contributed by atoms with Crippen molar-refractivity contribution in [1.82, 2.24) is 5.32 Å². The SMILES string of the molecule is CCNC(=O)C1CC1c1ccc(OC)c(OC)c1. The smallest absolute Gasteiger partial charge is 0.223 e. The van der Waals surface area contributed by atoms with Crippen molar-refractivity contribution >= 4 is 5.91 Å². The van der Waals surface area contributed by atoms with Crippen LogP contribution in [0.1, 0.15) is 24.8 Å². The summed E-state index contributed by atoms with van der Waals surface area (Å²) in [6.07, 6.45) is 0.918. The van der Waals surface area contributed by atoms with Crippen LogP contribution in [0.4, 0.5) is 0 Å². The Morgan fingerprint density at radius 3 is 2.67 bits per heavy atom. The normalized spacial score (nSPS) is 21.3. The van der Waals surface area contributed by atoms with Gasteiger partial charge in [-0.15, -0.1) is 0 Å². The lowest BCUT2D eigenvalue weighted by molar-refractivity contribution is -0.122. The summed E-state index contributed by atoms with van der Waals surface area (Å²) in [5.74, 6) is 2.02. The van der Waals surface area contributed by atoms with Crippen molar-refractivity contribution in [2.75, 3.05) is 20.8 Å². The minimum Gasteiger partial charge on any atom is -0.493 e. The molecule has 0 aromatic heterocycles. The number of methoxy groups -OCH3 is 2. The van der Waals surface area contributed by atoms with Crippen LogP contribution in [0.15, 0.2) is 18.2 Å². The van der Waals surface area contributed by atoms with E-state index in [9.17, 15) is 4.79 Å². The van der Waals surface area contributed by atoms with Crippen molar-refractivity contribution in [1.29, 1.82) is 0 Å². The highest BCUT2D eigenvalue weighted by Gasteiger charge is 2.43. The maximum Gasteiger partial charge on any atom is 0.223 e. The number of amides is 1. The average molecular weight is 249 g/mol. The topological polar surface area (TPSA) is 47.6 Å². The molecule has 1 aliphatic carbocycles. The van der Waals surface area contributed by atoms with Crippen LogP contribution in [0.5, 0.6) is 11.5 Å². The molecule has 1 saturated carbocycles. The molecule has 1 aliphatic rings. The van der Waals surface area contributed by atoms with E-state index >= 15 is 0 Å². The number of hydrogen-bond donors (Lipinski definition) is 1. The Kier molecular flexibility index (Phi) is 3.75. The molecule has 1 N–H and O–H groups in total. The third-order valence-corrected chi connectivity index (χ3v) is 3.31. The van der Waals surface area contributed by atoms with E-state index in [1.165, 1.54) is 0 Å². The van der Waals surface area contributed by atoms with Gasteiger partial charge in [-0.05, 0) is 37.0 Å². The molecule has 0 aliphatic heterocycles. The van der Waals surface area contributed by atoms with Crippen molar-refractivity contribution in [3.8, 4) is 11.5 Å². The van der Waals surface area contributed by atoms with Crippen LogP contribution in [0.2, 0.25) is 0 Å². The molecule has 0 radical (unpaired) electrons. The molecule has 18 heavy (non-hydrogen) atoms. The molecule has 1 aromatic carbocycles. The van der Waals surface area contributed by atoms with E-state index < -0.39 is 0 Å². The maximum absolute atomic E-state index is 11.7. The summed E-state index contributed by atoms with van der Waals surface area (Å²) in [5, 5.41) is 2.86. The Labute approximate surface area is 107 Å². The van der Waals surface area contributed by atoms with E-state index in [0.29, 0.717) is 12.5 Å². The zero-order valence-corrected chi connectivity index (χ0v) is 11.0. The van der Waals surface area contributed by atoms with Crippen LogP contribution in [0.3, 0.4) is 0 Å². The van der Waals surface area contributed by atoms with Gasteiger partial charge in [0, 0.05) is 12.5 Å². The number of ether oxygens (including phenoxy) is 2. The van der Waals surface area contributed by atoms with Gasteiger partial charge in [0.25, 0.3) is 0 Å². The van der Waals surface area contributed by atoms with E-state index in [-0.39, 0.29) is 11.8 Å². The van der Waals surface area contributed by atoms with Crippen LogP contribution in [0.25, 0.3) is 0 Å². The second-order valence-electron chi connectivity index (χ2n) is 4.46. The number of carbonyl (C=O) groups excluding carboxylic acids is 1. The van der Waals surface area contributed by atoms with Crippen LogP contribution < -0.4 is 14.8 Å². The minimum absolute atomic E-state index is 0.114. The van der Waals surface area contributed by atoms with Crippen LogP contribution in [0, 0.1) is 5.92 Å². The molecular formula is C14H19NO3. The van der Waals surface area contributed by atoms with Gasteiger partial charge in [0.2, 0.25) is 5.91 Å². The lowest BCUT2D eigenvalue weighted by atomic mass is 10.1. The summed E-state index contributed by atoms with van der Waals surface area (Å²) >= 11 is 0. The summed E-state index contributed by atoms with van der Waals surface area (Å²) in [6.45, 7) is 2.62. The van der Waals surface area contributed by atoms with Gasteiger partial charge in [-0.2, -0.15) is 0 Å². The van der Waals surface area contributed by atoms with Crippen molar-refractivity contribution in [2.45, 2.75) is 19.3 Å². The first kappa shape index (κ1) is 12.7. The molecule has 1 amide bonds. The number of benzene rings is 1. The third-order valence-electron chi connectivity index (χ3n) is 3.31. The van der Waals surface area contributed by atoms with Crippen LogP contribution in [-0.2, 0) is 4.79 Å². The van der Waals surface area contributed by atoms with E-state index in [1.807, 2.05) is 25.1 Å². The van der Waals surface area contributed by atoms with Gasteiger partial charge >= 0.3 is 0 Å². The molecule has 4 heteroatoms. The molecule has 2 atom stereocenters. The zero-order valence-electron chi connectivity index (χ0n) is 11.0. The molecule has 0 saturated heterocycles. The van der Waals surface area contributed by atoms with Gasteiger partial charge in [0.05, 0.1) is 14.2 Å². The Morgan fingerprint density at radius 2 is 2.06 bits per heavy atom. The number of hydrogen-bond acceptors (Lipinski definition) is 3. The maximum atomic E-state index is 11.7. The molecular weight excluding hydrogens is 230 g/mol. The molecule has 2 unspecified atom stereocenters. The van der Waals surface area contributed by atoms with E-state index in [2.05, 4.69) is 5.32 Å². The number of carbonyl (C=O) groups is 1. The first-order valence-corrected chi connectivity index (χ1v) is 6.20. The fraction of sp³-hybridized carbons (Fsp3) is 0.500. The summed E-state index contributed by atoms with van der Waals surface area (Å²) in [4.78, 5) is 11.7. The van der Waals surface area contributed by atoms with Gasteiger partial charge < -0.3 is 14.8 Å². The van der Waals surface area contributed by atoms with Gasteiger partial charge in [-0.25, -0.2) is 0 Å². The number of nitrogens with one attached hydrogen (secondary N) is 1. The summed E-state index contributed by atoms with van der Waals surface area (Å²) < 4.78 is 10.5. The quantitative estimate of drug-likeness (QED) is 0.867. The standard InChI is InChI=1S/C14H19NO3/c1-4-15-14(16)11-8-10(11)9-5-6-12(17-2)13(7-9)18-3/h5-7,10-11H,4,8H2,1-3H3,(H,15,16). The Hall–Kier alpha value is -1.71. The minimum atomic E-state index is 0.114. The van der Waals surface area contributed by atoms with Crippen LogP contribution >= 0.6 is 0 Å². The summed E-state index contributed by atoms with van der Waals surface area (Å²) in [7, 11) is 3.24. The van der Waals surface area contributed by atoms with Crippen molar-refractivity contribution in [3.05, 3.63) is 23.8 Å². The molecule has 2 rings (SSSR count). The monoisotopic (exact) mass is 249 g/mol. The summed E-state index contributed by atoms with van der Waals surface area (Å²) in [6, 6.07) is 5.86.